The summed E-state index contributed by atoms with van der Waals surface area (Å²) in [5.41, 5.74) is 2.71. The lowest BCUT2D eigenvalue weighted by Gasteiger charge is -2.28. The molecule has 0 saturated carbocycles. The quantitative estimate of drug-likeness (QED) is 0.723. The van der Waals surface area contributed by atoms with Gasteiger partial charge in [0.15, 0.2) is 0 Å². The minimum Gasteiger partial charge on any atom is -0.323 e. The van der Waals surface area contributed by atoms with Crippen LogP contribution in [0.1, 0.15) is 5.56 Å². The molecule has 0 unspecified atom stereocenters. The van der Waals surface area contributed by atoms with Crippen molar-refractivity contribution in [2.45, 2.75) is 6.92 Å². The highest BCUT2D eigenvalue weighted by Crippen LogP contribution is 2.25. The molecule has 2 heterocycles. The highest BCUT2D eigenvalue weighted by atomic mass is 19.1. The van der Waals surface area contributed by atoms with Crippen molar-refractivity contribution in [1.82, 2.24) is 20.1 Å². The number of piperazine rings is 1. The third-order valence-corrected chi connectivity index (χ3v) is 4.32. The van der Waals surface area contributed by atoms with Gasteiger partial charge in [0.05, 0.1) is 12.2 Å². The molecule has 1 fully saturated rings. The first-order chi connectivity index (χ1) is 13.5. The van der Waals surface area contributed by atoms with Gasteiger partial charge < -0.3 is 15.5 Å². The maximum absolute atomic E-state index is 13.4. The first kappa shape index (κ1) is 18.1. The van der Waals surface area contributed by atoms with E-state index < -0.39 is 11.6 Å². The first-order valence-electron chi connectivity index (χ1n) is 8.76. The van der Waals surface area contributed by atoms with Crippen LogP contribution in [0.3, 0.4) is 0 Å². The Kier molecular flexibility index (Phi) is 4.74. The van der Waals surface area contributed by atoms with E-state index in [1.165, 1.54) is 23.1 Å². The lowest BCUT2D eigenvalue weighted by molar-refractivity contribution is -0.118. The fourth-order valence-corrected chi connectivity index (χ4v) is 3.12. The van der Waals surface area contributed by atoms with Crippen molar-refractivity contribution in [1.29, 1.82) is 0 Å². The highest BCUT2D eigenvalue weighted by Gasteiger charge is 2.20. The Morgan fingerprint density at radius 2 is 1.86 bits per heavy atom. The molecule has 1 aliphatic heterocycles. The molecule has 2 aromatic carbocycles. The minimum atomic E-state index is -0.691. The number of hydrogen-bond donors (Lipinski definition) is 2. The average molecular weight is 384 g/mol. The second-order valence-corrected chi connectivity index (χ2v) is 6.54. The molecule has 0 bridgehead atoms. The number of aryl methyl sites for hydroxylation is 1. The fourth-order valence-electron chi connectivity index (χ4n) is 3.12. The van der Waals surface area contributed by atoms with E-state index in [2.05, 4.69) is 20.7 Å². The Morgan fingerprint density at radius 1 is 1.07 bits per heavy atom. The first-order valence-corrected chi connectivity index (χ1v) is 8.76. The summed E-state index contributed by atoms with van der Waals surface area (Å²) in [7, 11) is 0. The van der Waals surface area contributed by atoms with Gasteiger partial charge in [0.25, 0.3) is 0 Å². The molecule has 1 aromatic heterocycles. The monoisotopic (exact) mass is 384 g/mol. The van der Waals surface area contributed by atoms with Gasteiger partial charge in [-0.05, 0) is 42.8 Å². The topological polar surface area (TPSA) is 75.1 Å². The van der Waals surface area contributed by atoms with E-state index in [1.807, 2.05) is 25.1 Å². The second kappa shape index (κ2) is 7.35. The normalized spacial score (nSPS) is 14.4. The number of carbonyl (C=O) groups excluding carboxylic acids is 1. The van der Waals surface area contributed by atoms with Gasteiger partial charge in [0.1, 0.15) is 18.0 Å². The molecule has 2 N–H and O–H groups in total. The van der Waals surface area contributed by atoms with Crippen LogP contribution in [-0.4, -0.2) is 40.3 Å². The predicted octanol–water partition coefficient (Wildman–Crippen LogP) is 2.53. The fraction of sp³-hybridized carbons (Fsp3) is 0.211. The van der Waals surface area contributed by atoms with Crippen molar-refractivity contribution >= 4 is 23.2 Å². The Morgan fingerprint density at radius 3 is 2.61 bits per heavy atom. The van der Waals surface area contributed by atoms with E-state index in [1.54, 1.807) is 4.90 Å². The van der Waals surface area contributed by atoms with Gasteiger partial charge in [-0.3, -0.25) is 4.79 Å². The number of benzene rings is 2. The molecule has 0 atom stereocenters. The standard InChI is InChI=1S/C19H18F2N6O/c1-12-4-15(9-16(5-12)26-3-2-22-10-18(26)28)24-19-23-11-27(25-19)17-7-13(20)6-14(21)8-17/h4-9,11,22H,2-3,10H2,1H3,(H,24,25). The summed E-state index contributed by atoms with van der Waals surface area (Å²) >= 11 is 0. The third-order valence-electron chi connectivity index (χ3n) is 4.32. The summed E-state index contributed by atoms with van der Waals surface area (Å²) in [5.74, 6) is -1.10. The molecular weight excluding hydrogens is 366 g/mol. The summed E-state index contributed by atoms with van der Waals surface area (Å²) in [5, 5.41) is 10.3. The van der Waals surface area contributed by atoms with Crippen molar-refractivity contribution in [3.05, 3.63) is 59.9 Å². The van der Waals surface area contributed by atoms with Crippen LogP contribution in [0.5, 0.6) is 0 Å². The van der Waals surface area contributed by atoms with Crippen LogP contribution in [0.25, 0.3) is 5.69 Å². The second-order valence-electron chi connectivity index (χ2n) is 6.54. The number of aromatic nitrogens is 3. The van der Waals surface area contributed by atoms with Crippen LogP contribution >= 0.6 is 0 Å². The van der Waals surface area contributed by atoms with Gasteiger partial charge in [-0.1, -0.05) is 0 Å². The third kappa shape index (κ3) is 3.84. The van der Waals surface area contributed by atoms with Crippen molar-refractivity contribution < 1.29 is 13.6 Å². The SMILES string of the molecule is Cc1cc(Nc2ncn(-c3cc(F)cc(F)c3)n2)cc(N2CCNCC2=O)c1. The van der Waals surface area contributed by atoms with Crippen molar-refractivity contribution in [3.8, 4) is 5.69 Å². The molecule has 4 rings (SSSR count). The van der Waals surface area contributed by atoms with Gasteiger partial charge in [0, 0.05) is 30.5 Å². The van der Waals surface area contributed by atoms with Crippen LogP contribution < -0.4 is 15.5 Å². The molecule has 1 saturated heterocycles. The van der Waals surface area contributed by atoms with E-state index in [9.17, 15) is 13.6 Å². The molecule has 144 valence electrons. The van der Waals surface area contributed by atoms with Gasteiger partial charge in [-0.25, -0.2) is 13.5 Å². The van der Waals surface area contributed by atoms with Crippen LogP contribution in [0.4, 0.5) is 26.1 Å². The number of carbonyl (C=O) groups is 1. The van der Waals surface area contributed by atoms with E-state index in [-0.39, 0.29) is 17.5 Å². The van der Waals surface area contributed by atoms with Crippen LogP contribution in [-0.2, 0) is 4.79 Å². The number of amides is 1. The molecule has 0 aliphatic carbocycles. The van der Waals surface area contributed by atoms with Gasteiger partial charge in [-0.2, -0.15) is 4.98 Å². The predicted molar refractivity (Wildman–Crippen MR) is 101 cm³/mol. The van der Waals surface area contributed by atoms with Crippen molar-refractivity contribution in [3.63, 3.8) is 0 Å². The zero-order chi connectivity index (χ0) is 19.7. The summed E-state index contributed by atoms with van der Waals surface area (Å²) in [6.45, 7) is 3.58. The molecular formula is C19H18F2N6O. The summed E-state index contributed by atoms with van der Waals surface area (Å²) in [6, 6.07) is 8.82. The molecule has 0 radical (unpaired) electrons. The number of nitrogens with one attached hydrogen (secondary N) is 2. The van der Waals surface area contributed by atoms with Crippen LogP contribution in [0.15, 0.2) is 42.7 Å². The van der Waals surface area contributed by atoms with E-state index in [0.29, 0.717) is 18.8 Å². The maximum atomic E-state index is 13.4. The molecule has 9 heteroatoms. The minimum absolute atomic E-state index is 0.0123. The largest absolute Gasteiger partial charge is 0.323 e. The number of halogens is 2. The molecule has 1 amide bonds. The summed E-state index contributed by atoms with van der Waals surface area (Å²) in [4.78, 5) is 18.0. The van der Waals surface area contributed by atoms with Gasteiger partial charge in [0.2, 0.25) is 11.9 Å². The molecule has 7 nitrogen and oxygen atoms in total. The van der Waals surface area contributed by atoms with Crippen LogP contribution in [0.2, 0.25) is 0 Å². The molecule has 3 aromatic rings. The van der Waals surface area contributed by atoms with Gasteiger partial charge in [-0.15, -0.1) is 5.10 Å². The lowest BCUT2D eigenvalue weighted by atomic mass is 10.1. The molecule has 28 heavy (non-hydrogen) atoms. The zero-order valence-electron chi connectivity index (χ0n) is 15.1. The number of nitrogens with zero attached hydrogens (tertiary/aromatic N) is 4. The van der Waals surface area contributed by atoms with Crippen LogP contribution in [0, 0.1) is 18.6 Å². The Balaban J connectivity index is 1.58. The summed E-state index contributed by atoms with van der Waals surface area (Å²) in [6.07, 6.45) is 1.37. The average Bonchev–Trinajstić information content (AvgIpc) is 3.09. The Bertz CT molecular complexity index is 1010. The van der Waals surface area contributed by atoms with Crippen molar-refractivity contribution in [2.75, 3.05) is 29.9 Å². The number of hydrogen-bond acceptors (Lipinski definition) is 5. The summed E-state index contributed by atoms with van der Waals surface area (Å²) < 4.78 is 28.1. The zero-order valence-corrected chi connectivity index (χ0v) is 15.1. The van der Waals surface area contributed by atoms with Crippen molar-refractivity contribution in [2.24, 2.45) is 0 Å². The van der Waals surface area contributed by atoms with E-state index in [0.717, 1.165) is 23.9 Å². The van der Waals surface area contributed by atoms with E-state index in [4.69, 9.17) is 0 Å². The maximum Gasteiger partial charge on any atom is 0.246 e. The lowest BCUT2D eigenvalue weighted by Crippen LogP contribution is -2.48. The molecule has 1 aliphatic rings. The van der Waals surface area contributed by atoms with E-state index >= 15 is 0 Å². The Hall–Kier alpha value is -3.33. The van der Waals surface area contributed by atoms with Gasteiger partial charge >= 0.3 is 0 Å². The number of rotatable bonds is 4. The highest BCUT2D eigenvalue weighted by molar-refractivity contribution is 5.96. The molecule has 0 spiro atoms. The Labute approximate surface area is 160 Å². The smallest absolute Gasteiger partial charge is 0.246 e. The number of anilines is 3.